The third-order valence-corrected chi connectivity index (χ3v) is 5.14. The van der Waals surface area contributed by atoms with Gasteiger partial charge in [-0.3, -0.25) is 14.5 Å². The van der Waals surface area contributed by atoms with E-state index < -0.39 is 17.5 Å². The number of esters is 1. The van der Waals surface area contributed by atoms with Crippen LogP contribution >= 0.6 is 0 Å². The van der Waals surface area contributed by atoms with Gasteiger partial charge < -0.3 is 10.1 Å². The van der Waals surface area contributed by atoms with Gasteiger partial charge in [-0.1, -0.05) is 57.0 Å². The van der Waals surface area contributed by atoms with Crippen molar-refractivity contribution < 1.29 is 19.1 Å². The Kier molecular flexibility index (Phi) is 4.54. The second kappa shape index (κ2) is 6.50. The Morgan fingerprint density at radius 3 is 2.48 bits per heavy atom. The predicted molar refractivity (Wildman–Crippen MR) is 91.9 cm³/mol. The van der Waals surface area contributed by atoms with Gasteiger partial charge in [0.25, 0.3) is 5.91 Å². The zero-order valence-corrected chi connectivity index (χ0v) is 14.7. The first-order chi connectivity index (χ1) is 11.8. The second-order valence-electron chi connectivity index (χ2n) is 7.52. The number of rotatable bonds is 5. The fourth-order valence-corrected chi connectivity index (χ4v) is 3.55. The number of urea groups is 1. The molecule has 2 fully saturated rings. The summed E-state index contributed by atoms with van der Waals surface area (Å²) in [6.07, 6.45) is 3.11. The van der Waals surface area contributed by atoms with Crippen molar-refractivity contribution in [1.29, 1.82) is 0 Å². The molecule has 0 atom stereocenters. The number of carbonyl (C=O) groups excluding carboxylic acids is 3. The van der Waals surface area contributed by atoms with Crippen molar-refractivity contribution in [2.75, 3.05) is 13.2 Å². The number of hydrogen-bond donors (Lipinski definition) is 1. The summed E-state index contributed by atoms with van der Waals surface area (Å²) in [5.41, 5.74) is -0.0793. The van der Waals surface area contributed by atoms with Crippen LogP contribution in [0, 0.1) is 0 Å². The van der Waals surface area contributed by atoms with Crippen molar-refractivity contribution in [3.63, 3.8) is 0 Å². The van der Waals surface area contributed by atoms with Gasteiger partial charge in [-0.15, -0.1) is 0 Å². The number of amides is 3. The molecule has 1 saturated carbocycles. The smallest absolute Gasteiger partial charge is 0.326 e. The minimum absolute atomic E-state index is 0.185. The Hall–Kier alpha value is -2.37. The van der Waals surface area contributed by atoms with Crippen LogP contribution in [-0.4, -0.2) is 41.5 Å². The lowest BCUT2D eigenvalue weighted by Gasteiger charge is -2.25. The highest BCUT2D eigenvalue weighted by Gasteiger charge is 2.52. The van der Waals surface area contributed by atoms with E-state index in [1.807, 2.05) is 44.2 Å². The molecule has 6 heteroatoms. The molecule has 134 valence electrons. The van der Waals surface area contributed by atoms with Crippen LogP contribution in [0.25, 0.3) is 0 Å². The Labute approximate surface area is 147 Å². The second-order valence-corrected chi connectivity index (χ2v) is 7.52. The van der Waals surface area contributed by atoms with E-state index in [9.17, 15) is 14.4 Å². The summed E-state index contributed by atoms with van der Waals surface area (Å²) in [6.45, 7) is 3.82. The molecule has 0 bridgehead atoms. The van der Waals surface area contributed by atoms with Gasteiger partial charge in [0, 0.05) is 5.41 Å². The first kappa shape index (κ1) is 17.5. The number of benzene rings is 1. The minimum atomic E-state index is -0.791. The molecule has 1 N–H and O–H groups in total. The van der Waals surface area contributed by atoms with Gasteiger partial charge in [0.1, 0.15) is 18.7 Å². The van der Waals surface area contributed by atoms with Gasteiger partial charge >= 0.3 is 12.0 Å². The van der Waals surface area contributed by atoms with E-state index in [2.05, 4.69) is 5.32 Å². The lowest BCUT2D eigenvalue weighted by atomic mass is 9.86. The van der Waals surface area contributed by atoms with Crippen molar-refractivity contribution in [2.45, 2.75) is 50.5 Å². The predicted octanol–water partition coefficient (Wildman–Crippen LogP) is 2.37. The number of ether oxygens (including phenoxy) is 1. The van der Waals surface area contributed by atoms with Gasteiger partial charge in [-0.05, 0) is 18.4 Å². The Bertz CT molecular complexity index is 678. The quantitative estimate of drug-likeness (QED) is 0.657. The molecule has 1 spiro atoms. The summed E-state index contributed by atoms with van der Waals surface area (Å²) in [7, 11) is 0. The van der Waals surface area contributed by atoms with Crippen molar-refractivity contribution in [2.24, 2.45) is 0 Å². The van der Waals surface area contributed by atoms with Crippen LogP contribution in [0.4, 0.5) is 4.79 Å². The van der Waals surface area contributed by atoms with Crippen LogP contribution < -0.4 is 5.32 Å². The molecule has 2 aliphatic rings. The molecular formula is C19H24N2O4. The van der Waals surface area contributed by atoms with Gasteiger partial charge in [-0.2, -0.15) is 0 Å². The maximum Gasteiger partial charge on any atom is 0.326 e. The van der Waals surface area contributed by atoms with Gasteiger partial charge in [-0.25, -0.2) is 4.79 Å². The molecule has 1 aliphatic heterocycles. The third kappa shape index (κ3) is 3.38. The molecule has 1 heterocycles. The summed E-state index contributed by atoms with van der Waals surface area (Å²) in [6, 6.07) is 9.28. The average molecular weight is 344 g/mol. The van der Waals surface area contributed by atoms with E-state index >= 15 is 0 Å². The molecule has 3 amide bonds. The number of carbonyl (C=O) groups is 3. The van der Waals surface area contributed by atoms with E-state index in [-0.39, 0.29) is 24.5 Å². The lowest BCUT2D eigenvalue weighted by Crippen LogP contribution is -2.44. The standard InChI is InChI=1S/C19H24N2O4/c1-18(2,14-8-4-3-5-9-14)13-25-15(22)12-21-16(23)19(20-17(21)24)10-6-7-11-19/h3-5,8-9H,6-7,10-13H2,1-2H3,(H,20,24). The molecule has 3 rings (SSSR count). The summed E-state index contributed by atoms with van der Waals surface area (Å²) in [5.74, 6) is -0.864. The average Bonchev–Trinajstić information content (AvgIpc) is 3.15. The number of nitrogens with zero attached hydrogens (tertiary/aromatic N) is 1. The van der Waals surface area contributed by atoms with Crippen molar-refractivity contribution in [1.82, 2.24) is 10.2 Å². The van der Waals surface area contributed by atoms with Gasteiger partial charge in [0.05, 0.1) is 0 Å². The van der Waals surface area contributed by atoms with Crippen molar-refractivity contribution in [3.8, 4) is 0 Å². The molecule has 1 saturated heterocycles. The zero-order chi connectivity index (χ0) is 18.1. The van der Waals surface area contributed by atoms with Crippen LogP contribution in [-0.2, 0) is 19.7 Å². The number of hydrogen-bond acceptors (Lipinski definition) is 4. The first-order valence-electron chi connectivity index (χ1n) is 8.69. The number of imide groups is 1. The van der Waals surface area contributed by atoms with E-state index in [0.717, 1.165) is 23.3 Å². The summed E-state index contributed by atoms with van der Waals surface area (Å²) in [5, 5.41) is 2.76. The Balaban J connectivity index is 1.58. The monoisotopic (exact) mass is 344 g/mol. The highest BCUT2D eigenvalue weighted by Crippen LogP contribution is 2.35. The van der Waals surface area contributed by atoms with Crippen LogP contribution in [0.15, 0.2) is 30.3 Å². The topological polar surface area (TPSA) is 75.7 Å². The van der Waals surface area contributed by atoms with Crippen molar-refractivity contribution >= 4 is 17.9 Å². The number of nitrogens with one attached hydrogen (secondary N) is 1. The van der Waals surface area contributed by atoms with Gasteiger partial charge in [0.15, 0.2) is 0 Å². The van der Waals surface area contributed by atoms with E-state index in [1.165, 1.54) is 0 Å². The molecule has 1 aromatic rings. The molecule has 0 radical (unpaired) electrons. The molecule has 1 aliphatic carbocycles. The van der Waals surface area contributed by atoms with Gasteiger partial charge in [0.2, 0.25) is 0 Å². The molecule has 1 aromatic carbocycles. The van der Waals surface area contributed by atoms with E-state index in [0.29, 0.717) is 12.8 Å². The summed E-state index contributed by atoms with van der Waals surface area (Å²) in [4.78, 5) is 37.8. The van der Waals surface area contributed by atoms with E-state index in [1.54, 1.807) is 0 Å². The SMILES string of the molecule is CC(C)(COC(=O)CN1C(=O)NC2(CCCC2)C1=O)c1ccccc1. The maximum atomic E-state index is 12.5. The fraction of sp³-hybridized carbons (Fsp3) is 0.526. The van der Waals surface area contributed by atoms with Crippen molar-refractivity contribution in [3.05, 3.63) is 35.9 Å². The fourth-order valence-electron chi connectivity index (χ4n) is 3.55. The van der Waals surface area contributed by atoms with Crippen LogP contribution in [0.2, 0.25) is 0 Å². The molecule has 25 heavy (non-hydrogen) atoms. The highest BCUT2D eigenvalue weighted by atomic mass is 16.5. The lowest BCUT2D eigenvalue weighted by molar-refractivity contribution is -0.149. The summed E-state index contributed by atoms with van der Waals surface area (Å²) >= 11 is 0. The Morgan fingerprint density at radius 2 is 1.84 bits per heavy atom. The largest absolute Gasteiger partial charge is 0.463 e. The summed E-state index contributed by atoms with van der Waals surface area (Å²) < 4.78 is 5.36. The molecule has 6 nitrogen and oxygen atoms in total. The van der Waals surface area contributed by atoms with E-state index in [4.69, 9.17) is 4.74 Å². The molecule has 0 aromatic heterocycles. The third-order valence-electron chi connectivity index (χ3n) is 5.14. The minimum Gasteiger partial charge on any atom is -0.463 e. The van der Waals surface area contributed by atoms with Crippen LogP contribution in [0.3, 0.4) is 0 Å². The first-order valence-corrected chi connectivity index (χ1v) is 8.69. The Morgan fingerprint density at radius 1 is 1.20 bits per heavy atom. The molecule has 0 unspecified atom stereocenters. The zero-order valence-electron chi connectivity index (χ0n) is 14.7. The normalized spacial score (nSPS) is 19.4. The highest BCUT2D eigenvalue weighted by molar-refractivity contribution is 6.08. The van der Waals surface area contributed by atoms with Crippen LogP contribution in [0.5, 0.6) is 0 Å². The van der Waals surface area contributed by atoms with Crippen LogP contribution in [0.1, 0.15) is 45.1 Å². The maximum absolute atomic E-state index is 12.5. The molecular weight excluding hydrogens is 320 g/mol.